The molecular formula is C23H21N3O8S. The van der Waals surface area contributed by atoms with Gasteiger partial charge < -0.3 is 19.7 Å². The Labute approximate surface area is 202 Å². The van der Waals surface area contributed by atoms with Crippen LogP contribution in [-0.2, 0) is 36.5 Å². The number of nitrogens with one attached hydrogen (secondary N) is 1. The summed E-state index contributed by atoms with van der Waals surface area (Å²) in [4.78, 5) is 49.2. The number of nitrogens with zero attached hydrogens (tertiary/aromatic N) is 2. The number of carbonyl (C=O) groups excluding carboxylic acids is 3. The molecule has 182 valence electrons. The molecule has 3 unspecified atom stereocenters. The highest BCUT2D eigenvalue weighted by atomic mass is 32.2. The molecule has 2 aromatic rings. The number of fused-ring (bicyclic) bond motifs is 1. The third-order valence-electron chi connectivity index (χ3n) is 5.52. The van der Waals surface area contributed by atoms with Crippen LogP contribution in [0, 0.1) is 10.1 Å². The van der Waals surface area contributed by atoms with Gasteiger partial charge in [0, 0.05) is 17.9 Å². The third-order valence-corrected chi connectivity index (χ3v) is 7.22. The van der Waals surface area contributed by atoms with Crippen molar-refractivity contribution in [2.75, 3.05) is 12.4 Å². The first-order valence-electron chi connectivity index (χ1n) is 10.5. The molecule has 4 rings (SSSR count). The molecule has 2 aromatic carbocycles. The first-order valence-corrected chi connectivity index (χ1v) is 11.9. The Kier molecular flexibility index (Phi) is 6.92. The van der Waals surface area contributed by atoms with Crippen molar-refractivity contribution in [1.29, 1.82) is 0 Å². The highest BCUT2D eigenvalue weighted by Gasteiger charge is 2.59. The van der Waals surface area contributed by atoms with Crippen LogP contribution in [0.2, 0.25) is 0 Å². The van der Waals surface area contributed by atoms with Gasteiger partial charge >= 0.3 is 5.97 Å². The first-order chi connectivity index (χ1) is 16.8. The molecule has 0 spiro atoms. The smallest absolute Gasteiger partial charge is 0.333 e. The van der Waals surface area contributed by atoms with Gasteiger partial charge in [-0.25, -0.2) is 4.79 Å². The third kappa shape index (κ3) is 5.06. The Bertz CT molecular complexity index is 1200. The van der Waals surface area contributed by atoms with E-state index in [1.54, 1.807) is 30.3 Å². The number of hydrogen-bond donors (Lipinski definition) is 1. The minimum atomic E-state index is -1.57. The summed E-state index contributed by atoms with van der Waals surface area (Å²) in [6, 6.07) is 11.9. The Morgan fingerprint density at radius 1 is 1.17 bits per heavy atom. The van der Waals surface area contributed by atoms with E-state index >= 15 is 0 Å². The maximum absolute atomic E-state index is 12.8. The lowest BCUT2D eigenvalue weighted by molar-refractivity contribution is -0.384. The topological polar surface area (TPSA) is 145 Å². The molecule has 0 radical (unpaired) electrons. The van der Waals surface area contributed by atoms with Crippen LogP contribution in [0.4, 0.5) is 5.69 Å². The molecule has 0 aliphatic carbocycles. The zero-order valence-corrected chi connectivity index (χ0v) is 19.1. The van der Waals surface area contributed by atoms with Crippen molar-refractivity contribution in [3.63, 3.8) is 0 Å². The number of esters is 1. The fourth-order valence-corrected chi connectivity index (χ4v) is 5.49. The van der Waals surface area contributed by atoms with E-state index in [2.05, 4.69) is 11.9 Å². The summed E-state index contributed by atoms with van der Waals surface area (Å²) in [6.45, 7) is 3.28. The molecule has 1 N–H and O–H groups in total. The van der Waals surface area contributed by atoms with Crippen molar-refractivity contribution in [3.8, 4) is 5.75 Å². The normalized spacial score (nSPS) is 23.0. The molecule has 2 aliphatic rings. The predicted molar refractivity (Wildman–Crippen MR) is 123 cm³/mol. The highest BCUT2D eigenvalue weighted by Crippen LogP contribution is 2.34. The number of nitro groups is 1. The lowest BCUT2D eigenvalue weighted by atomic mass is 9.98. The Morgan fingerprint density at radius 2 is 1.86 bits per heavy atom. The van der Waals surface area contributed by atoms with Crippen molar-refractivity contribution in [2.24, 2.45) is 0 Å². The van der Waals surface area contributed by atoms with E-state index in [-0.39, 0.29) is 30.2 Å². The zero-order chi connectivity index (χ0) is 25.1. The maximum Gasteiger partial charge on any atom is 0.333 e. The fraction of sp³-hybridized carbons (Fsp3) is 0.261. The van der Waals surface area contributed by atoms with Gasteiger partial charge in [0.2, 0.25) is 5.91 Å². The van der Waals surface area contributed by atoms with Gasteiger partial charge in [0.05, 0.1) is 15.7 Å². The number of β-lactam (4-membered cyclic amide) rings is 1. The van der Waals surface area contributed by atoms with Gasteiger partial charge in [-0.3, -0.25) is 23.9 Å². The average molecular weight is 500 g/mol. The van der Waals surface area contributed by atoms with Crippen LogP contribution in [0.1, 0.15) is 5.56 Å². The summed E-state index contributed by atoms with van der Waals surface area (Å²) in [5.41, 5.74) is 0.683. The second kappa shape index (κ2) is 10.1. The number of ether oxygens (including phenoxy) is 2. The fourth-order valence-electron chi connectivity index (χ4n) is 3.82. The number of amides is 2. The Balaban J connectivity index is 1.36. The van der Waals surface area contributed by atoms with Gasteiger partial charge in [-0.15, -0.1) is 0 Å². The molecule has 0 aromatic heterocycles. The molecule has 2 aliphatic heterocycles. The Morgan fingerprint density at radius 3 is 2.51 bits per heavy atom. The van der Waals surface area contributed by atoms with Gasteiger partial charge in [0.1, 0.15) is 23.8 Å². The number of hydrogen-bond acceptors (Lipinski definition) is 8. The standard InChI is InChI=1S/C23H21N3O8S/c1-14-13-35(32)22-19(24-18(27)12-33-17-5-3-2-4-6-17)21(28)25(22)20(14)23(29)34-11-15-7-9-16(10-8-15)26(30)31/h2-10,19-20,22H,1,11-13H2,(H,24,27)/t19?,20?,22-,35?/m0/s1. The monoisotopic (exact) mass is 499 g/mol. The van der Waals surface area contributed by atoms with Crippen LogP contribution < -0.4 is 10.1 Å². The molecule has 11 nitrogen and oxygen atoms in total. The first kappa shape index (κ1) is 24.1. The largest absolute Gasteiger partial charge is 0.484 e. The predicted octanol–water partition coefficient (Wildman–Crippen LogP) is 1.06. The molecule has 2 fully saturated rings. The average Bonchev–Trinajstić information content (AvgIpc) is 2.85. The summed E-state index contributed by atoms with van der Waals surface area (Å²) < 4.78 is 23.4. The number of non-ortho nitro benzene ring substituents is 1. The highest BCUT2D eigenvalue weighted by molar-refractivity contribution is 7.86. The SMILES string of the molecule is C=C1CS(=O)[C@H]2C(NC(=O)COc3ccccc3)C(=O)N2C1C(=O)OCc1ccc([N+](=O)[O-])cc1. The van der Waals surface area contributed by atoms with E-state index in [9.17, 15) is 28.7 Å². The zero-order valence-electron chi connectivity index (χ0n) is 18.3. The summed E-state index contributed by atoms with van der Waals surface area (Å²) >= 11 is 0. The van der Waals surface area contributed by atoms with Crippen molar-refractivity contribution in [1.82, 2.24) is 10.2 Å². The summed E-state index contributed by atoms with van der Waals surface area (Å²) in [5.74, 6) is -1.45. The molecule has 2 saturated heterocycles. The quantitative estimate of drug-likeness (QED) is 0.187. The number of nitro benzene ring substituents is 1. The Hall–Kier alpha value is -4.06. The maximum atomic E-state index is 12.8. The molecule has 0 bridgehead atoms. The molecule has 12 heteroatoms. The van der Waals surface area contributed by atoms with E-state index in [1.807, 2.05) is 0 Å². The minimum Gasteiger partial charge on any atom is -0.484 e. The van der Waals surface area contributed by atoms with Gasteiger partial charge in [-0.05, 0) is 35.4 Å². The van der Waals surface area contributed by atoms with Crippen LogP contribution in [0.5, 0.6) is 5.75 Å². The van der Waals surface area contributed by atoms with E-state index < -0.39 is 51.0 Å². The lowest BCUT2D eigenvalue weighted by Gasteiger charge is -2.52. The molecular weight excluding hydrogens is 478 g/mol. The number of benzene rings is 2. The van der Waals surface area contributed by atoms with Crippen molar-refractivity contribution >= 4 is 34.3 Å². The second-order valence-corrected chi connectivity index (χ2v) is 9.43. The van der Waals surface area contributed by atoms with Gasteiger partial charge in [0.25, 0.3) is 11.6 Å². The van der Waals surface area contributed by atoms with Crippen LogP contribution in [0.15, 0.2) is 66.7 Å². The minimum absolute atomic E-state index is 0.0291. The molecule has 0 saturated carbocycles. The molecule has 2 amide bonds. The number of rotatable bonds is 8. The van der Waals surface area contributed by atoms with Crippen molar-refractivity contribution < 1.29 is 33.0 Å². The van der Waals surface area contributed by atoms with Crippen LogP contribution >= 0.6 is 0 Å². The summed E-state index contributed by atoms with van der Waals surface area (Å²) in [7, 11) is -1.57. The molecule has 35 heavy (non-hydrogen) atoms. The van der Waals surface area contributed by atoms with Crippen LogP contribution in [0.3, 0.4) is 0 Å². The number of para-hydroxylation sites is 1. The van der Waals surface area contributed by atoms with Gasteiger partial charge in [0.15, 0.2) is 12.6 Å². The van der Waals surface area contributed by atoms with Gasteiger partial charge in [-0.2, -0.15) is 0 Å². The van der Waals surface area contributed by atoms with Crippen molar-refractivity contribution in [2.45, 2.75) is 24.1 Å². The molecule has 4 atom stereocenters. The summed E-state index contributed by atoms with van der Waals surface area (Å²) in [5, 5.41) is 12.4. The van der Waals surface area contributed by atoms with Crippen molar-refractivity contribution in [3.05, 3.63) is 82.4 Å². The van der Waals surface area contributed by atoms with Crippen LogP contribution in [-0.4, -0.2) is 61.6 Å². The summed E-state index contributed by atoms with van der Waals surface area (Å²) in [6.07, 6.45) is 0. The second-order valence-electron chi connectivity index (χ2n) is 7.90. The number of carbonyl (C=O) groups is 3. The van der Waals surface area contributed by atoms with E-state index in [0.717, 1.165) is 4.90 Å². The molecule has 2 heterocycles. The van der Waals surface area contributed by atoms with E-state index in [0.29, 0.717) is 11.3 Å². The van der Waals surface area contributed by atoms with E-state index in [4.69, 9.17) is 9.47 Å². The van der Waals surface area contributed by atoms with Crippen LogP contribution in [0.25, 0.3) is 0 Å². The van der Waals surface area contributed by atoms with E-state index in [1.165, 1.54) is 24.3 Å². The van der Waals surface area contributed by atoms with Gasteiger partial charge in [-0.1, -0.05) is 24.8 Å². The lowest BCUT2D eigenvalue weighted by Crippen LogP contribution is -2.77.